The first-order valence-corrected chi connectivity index (χ1v) is 2.90. The first-order chi connectivity index (χ1) is 3.31. The van der Waals surface area contributed by atoms with E-state index < -0.39 is 0 Å². The van der Waals surface area contributed by atoms with Crippen LogP contribution < -0.4 is 0 Å². The maximum absolute atomic E-state index is 3.75. The van der Waals surface area contributed by atoms with Crippen molar-refractivity contribution >= 4 is 0 Å². The van der Waals surface area contributed by atoms with Crippen molar-refractivity contribution in [3.63, 3.8) is 0 Å². The molecule has 0 spiro atoms. The summed E-state index contributed by atoms with van der Waals surface area (Å²) in [6.45, 7) is 8.06. The van der Waals surface area contributed by atoms with Gasteiger partial charge in [-0.15, -0.1) is 0 Å². The average molecular weight is 98.2 g/mol. The highest BCUT2D eigenvalue weighted by Gasteiger charge is 1.93. The minimum atomic E-state index is 0.762. The topological polar surface area (TPSA) is 0 Å². The molecule has 0 aromatic heterocycles. The summed E-state index contributed by atoms with van der Waals surface area (Å²) in [5.74, 6) is 0.762. The van der Waals surface area contributed by atoms with Crippen LogP contribution in [0.3, 0.4) is 0 Å². The van der Waals surface area contributed by atoms with Gasteiger partial charge < -0.3 is 0 Å². The van der Waals surface area contributed by atoms with E-state index in [0.29, 0.717) is 0 Å². The standard InChI is InChI=1S/C7H14/c1-4-6-7(3)5-2/h5,7H,1,4,6H2,2-3H3. The Morgan fingerprint density at radius 2 is 2.29 bits per heavy atom. The molecule has 2 radical (unpaired) electrons. The molecule has 0 fully saturated rings. The van der Waals surface area contributed by atoms with Gasteiger partial charge in [-0.1, -0.05) is 33.6 Å². The van der Waals surface area contributed by atoms with E-state index >= 15 is 0 Å². The summed E-state index contributed by atoms with van der Waals surface area (Å²) < 4.78 is 0. The first kappa shape index (κ1) is 7.00. The molecule has 0 aromatic carbocycles. The monoisotopic (exact) mass is 98.1 g/mol. The Morgan fingerprint density at radius 1 is 1.71 bits per heavy atom. The predicted molar refractivity (Wildman–Crippen MR) is 33.7 cm³/mol. The second kappa shape index (κ2) is 4.17. The largest absolute Gasteiger partial charge is 0.0622 e. The Labute approximate surface area is 46.9 Å². The normalized spacial score (nSPS) is 14.1. The van der Waals surface area contributed by atoms with Gasteiger partial charge in [0.2, 0.25) is 0 Å². The minimum absolute atomic E-state index is 0.762. The molecule has 0 aliphatic heterocycles. The molecule has 0 aliphatic rings. The van der Waals surface area contributed by atoms with Crippen LogP contribution in [0.2, 0.25) is 0 Å². The maximum Gasteiger partial charge on any atom is -0.0389 e. The molecule has 0 aromatic rings. The van der Waals surface area contributed by atoms with Gasteiger partial charge in [0.1, 0.15) is 0 Å². The van der Waals surface area contributed by atoms with Crippen LogP contribution in [-0.2, 0) is 0 Å². The molecule has 0 bridgehead atoms. The van der Waals surface area contributed by atoms with Gasteiger partial charge in [0.05, 0.1) is 0 Å². The molecule has 0 amide bonds. The van der Waals surface area contributed by atoms with Crippen LogP contribution >= 0.6 is 0 Å². The van der Waals surface area contributed by atoms with E-state index in [1.54, 1.807) is 0 Å². The lowest BCUT2D eigenvalue weighted by atomic mass is 10.0. The van der Waals surface area contributed by atoms with Gasteiger partial charge in [0, 0.05) is 0 Å². The summed E-state index contributed by atoms with van der Waals surface area (Å²) in [4.78, 5) is 0. The summed E-state index contributed by atoms with van der Waals surface area (Å²) in [7, 11) is 0. The molecule has 0 aliphatic carbocycles. The van der Waals surface area contributed by atoms with Gasteiger partial charge in [-0.05, 0) is 12.3 Å². The van der Waals surface area contributed by atoms with Gasteiger partial charge in [-0.3, -0.25) is 0 Å². The van der Waals surface area contributed by atoms with Gasteiger partial charge in [-0.2, -0.15) is 0 Å². The van der Waals surface area contributed by atoms with E-state index in [-0.39, 0.29) is 0 Å². The molecule has 0 saturated carbocycles. The second-order valence-corrected chi connectivity index (χ2v) is 1.95. The zero-order valence-corrected chi connectivity index (χ0v) is 5.28. The zero-order chi connectivity index (χ0) is 5.70. The molecule has 0 nitrogen and oxygen atoms in total. The quantitative estimate of drug-likeness (QED) is 0.508. The number of hydrogen-bond donors (Lipinski definition) is 0. The summed E-state index contributed by atoms with van der Waals surface area (Å²) in [5.41, 5.74) is 0. The van der Waals surface area contributed by atoms with Gasteiger partial charge in [-0.25, -0.2) is 0 Å². The molecule has 0 rings (SSSR count). The molecular weight excluding hydrogens is 84.1 g/mol. The second-order valence-electron chi connectivity index (χ2n) is 1.95. The zero-order valence-electron chi connectivity index (χ0n) is 5.28. The molecule has 42 valence electrons. The fourth-order valence-electron chi connectivity index (χ4n) is 0.489. The van der Waals surface area contributed by atoms with E-state index in [9.17, 15) is 0 Å². The highest BCUT2D eigenvalue weighted by molar-refractivity contribution is 4.65. The average Bonchev–Trinajstić information content (AvgIpc) is 1.68. The van der Waals surface area contributed by atoms with Crippen molar-refractivity contribution < 1.29 is 0 Å². The van der Waals surface area contributed by atoms with E-state index in [1.165, 1.54) is 6.42 Å². The Balaban J connectivity index is 2.83. The van der Waals surface area contributed by atoms with Crippen LogP contribution in [0.5, 0.6) is 0 Å². The summed E-state index contributed by atoms with van der Waals surface area (Å²) in [5, 5.41) is 0. The van der Waals surface area contributed by atoms with Crippen molar-refractivity contribution in [1.29, 1.82) is 0 Å². The van der Waals surface area contributed by atoms with Crippen LogP contribution in [0.15, 0.2) is 0 Å². The van der Waals surface area contributed by atoms with Crippen molar-refractivity contribution in [3.05, 3.63) is 13.3 Å². The lowest BCUT2D eigenvalue weighted by Gasteiger charge is -2.02. The van der Waals surface area contributed by atoms with Gasteiger partial charge in [0.15, 0.2) is 0 Å². The Hall–Kier alpha value is 0. The third kappa shape index (κ3) is 3.84. The summed E-state index contributed by atoms with van der Waals surface area (Å²) in [6.07, 6.45) is 4.51. The van der Waals surface area contributed by atoms with Crippen molar-refractivity contribution in [2.75, 3.05) is 0 Å². The third-order valence-electron chi connectivity index (χ3n) is 1.23. The van der Waals surface area contributed by atoms with Crippen LogP contribution in [0.4, 0.5) is 0 Å². The highest BCUT2D eigenvalue weighted by atomic mass is 14.0. The Bertz CT molecular complexity index is 31.0. The van der Waals surface area contributed by atoms with Crippen molar-refractivity contribution in [2.45, 2.75) is 26.7 Å². The third-order valence-corrected chi connectivity index (χ3v) is 1.23. The fourth-order valence-corrected chi connectivity index (χ4v) is 0.489. The maximum atomic E-state index is 3.75. The molecule has 1 unspecified atom stereocenters. The molecule has 0 heteroatoms. The minimum Gasteiger partial charge on any atom is -0.0622 e. The highest BCUT2D eigenvalue weighted by Crippen LogP contribution is 2.06. The van der Waals surface area contributed by atoms with Crippen LogP contribution in [0.1, 0.15) is 26.7 Å². The van der Waals surface area contributed by atoms with E-state index in [4.69, 9.17) is 0 Å². The van der Waals surface area contributed by atoms with E-state index in [2.05, 4.69) is 27.2 Å². The van der Waals surface area contributed by atoms with Crippen molar-refractivity contribution in [1.82, 2.24) is 0 Å². The molecular formula is C7H14. The Morgan fingerprint density at radius 3 is 2.43 bits per heavy atom. The lowest BCUT2D eigenvalue weighted by Crippen LogP contribution is -1.89. The predicted octanol–water partition coefficient (Wildman–Crippen LogP) is 2.46. The lowest BCUT2D eigenvalue weighted by molar-refractivity contribution is 0.614. The van der Waals surface area contributed by atoms with Crippen LogP contribution in [-0.4, -0.2) is 0 Å². The van der Waals surface area contributed by atoms with Crippen LogP contribution in [0, 0.1) is 19.3 Å². The van der Waals surface area contributed by atoms with Crippen molar-refractivity contribution in [3.8, 4) is 0 Å². The molecule has 0 heterocycles. The SMILES string of the molecule is [CH2]CCC(C)[CH]C. The van der Waals surface area contributed by atoms with Crippen LogP contribution in [0.25, 0.3) is 0 Å². The van der Waals surface area contributed by atoms with Gasteiger partial charge in [0.25, 0.3) is 0 Å². The van der Waals surface area contributed by atoms with Crippen molar-refractivity contribution in [2.24, 2.45) is 5.92 Å². The summed E-state index contributed by atoms with van der Waals surface area (Å²) >= 11 is 0. The number of rotatable bonds is 3. The van der Waals surface area contributed by atoms with E-state index in [0.717, 1.165) is 12.3 Å². The first-order valence-electron chi connectivity index (χ1n) is 2.90. The molecule has 7 heavy (non-hydrogen) atoms. The molecule has 0 N–H and O–H groups in total. The summed E-state index contributed by atoms with van der Waals surface area (Å²) in [6, 6.07) is 0. The Kier molecular flexibility index (Phi) is 4.17. The fraction of sp³-hybridized carbons (Fsp3) is 0.714. The van der Waals surface area contributed by atoms with Gasteiger partial charge >= 0.3 is 0 Å². The smallest absolute Gasteiger partial charge is 0.0389 e. The molecule has 1 atom stereocenters. The molecule has 0 saturated heterocycles. The number of hydrogen-bond acceptors (Lipinski definition) is 0. The van der Waals surface area contributed by atoms with E-state index in [1.807, 2.05) is 0 Å².